The van der Waals surface area contributed by atoms with E-state index in [9.17, 15) is 17.6 Å². The number of rotatable bonds is 3. The van der Waals surface area contributed by atoms with Crippen molar-refractivity contribution in [2.24, 2.45) is 5.92 Å². The maximum absolute atomic E-state index is 13.7. The van der Waals surface area contributed by atoms with Crippen molar-refractivity contribution in [3.63, 3.8) is 0 Å². The third-order valence-corrected chi connectivity index (χ3v) is 4.42. The van der Waals surface area contributed by atoms with Crippen LogP contribution >= 0.6 is 10.7 Å². The van der Waals surface area contributed by atoms with Crippen LogP contribution in [0.3, 0.4) is 0 Å². The summed E-state index contributed by atoms with van der Waals surface area (Å²) in [7, 11) is 1.13. The van der Waals surface area contributed by atoms with Crippen LogP contribution in [0.1, 0.15) is 12.8 Å². The van der Waals surface area contributed by atoms with Gasteiger partial charge in [0.2, 0.25) is 5.91 Å². The summed E-state index contributed by atoms with van der Waals surface area (Å²) in [6.07, 6.45) is 1.17. The van der Waals surface area contributed by atoms with Gasteiger partial charge in [0.25, 0.3) is 9.05 Å². The van der Waals surface area contributed by atoms with Crippen molar-refractivity contribution in [3.05, 3.63) is 24.0 Å². The molecule has 20 heavy (non-hydrogen) atoms. The zero-order valence-electron chi connectivity index (χ0n) is 10.4. The van der Waals surface area contributed by atoms with E-state index in [4.69, 9.17) is 15.4 Å². The van der Waals surface area contributed by atoms with Crippen molar-refractivity contribution >= 4 is 31.3 Å². The van der Waals surface area contributed by atoms with E-state index < -0.39 is 14.9 Å². The molecule has 0 atom stereocenters. The molecule has 0 aromatic heterocycles. The van der Waals surface area contributed by atoms with Gasteiger partial charge in [0.05, 0.1) is 10.6 Å². The van der Waals surface area contributed by atoms with Gasteiger partial charge in [-0.2, -0.15) is 0 Å². The fraction of sp³-hybridized carbons (Fsp3) is 0.417. The Morgan fingerprint density at radius 2 is 2.00 bits per heavy atom. The summed E-state index contributed by atoms with van der Waals surface area (Å²) in [6, 6.07) is 3.11. The maximum atomic E-state index is 13.7. The summed E-state index contributed by atoms with van der Waals surface area (Å²) < 4.78 is 41.0. The Balaban J connectivity index is 2.11. The largest absolute Gasteiger partial charge is 0.381 e. The molecule has 0 saturated carbocycles. The van der Waals surface area contributed by atoms with E-state index in [0.29, 0.717) is 26.1 Å². The van der Waals surface area contributed by atoms with Gasteiger partial charge in [-0.1, -0.05) is 0 Å². The molecule has 5 nitrogen and oxygen atoms in total. The number of anilines is 1. The average Bonchev–Trinajstić information content (AvgIpc) is 2.41. The first-order chi connectivity index (χ1) is 9.38. The van der Waals surface area contributed by atoms with Gasteiger partial charge in [0.15, 0.2) is 0 Å². The van der Waals surface area contributed by atoms with E-state index in [-0.39, 0.29) is 22.4 Å². The number of amides is 1. The fourth-order valence-corrected chi connectivity index (χ4v) is 2.71. The summed E-state index contributed by atoms with van der Waals surface area (Å²) in [4.78, 5) is 11.6. The molecule has 2 rings (SSSR count). The van der Waals surface area contributed by atoms with E-state index >= 15 is 0 Å². The zero-order valence-corrected chi connectivity index (χ0v) is 12.0. The van der Waals surface area contributed by atoms with Crippen LogP contribution in [0, 0.1) is 11.7 Å². The Bertz CT molecular complexity index is 614. The Kier molecular flexibility index (Phi) is 4.62. The fourth-order valence-electron chi connectivity index (χ4n) is 1.94. The lowest BCUT2D eigenvalue weighted by Gasteiger charge is -2.21. The normalized spacial score (nSPS) is 16.9. The predicted molar refractivity (Wildman–Crippen MR) is 71.6 cm³/mol. The van der Waals surface area contributed by atoms with E-state index in [1.807, 2.05) is 0 Å². The standard InChI is InChI=1S/C12H13ClFNO4S/c13-20(17,18)9-1-2-11(10(14)7-9)15-12(16)8-3-5-19-6-4-8/h1-2,7-8H,3-6H2,(H,15,16). The van der Waals surface area contributed by atoms with Gasteiger partial charge in [0.1, 0.15) is 5.82 Å². The Morgan fingerprint density at radius 1 is 1.35 bits per heavy atom. The molecular weight excluding hydrogens is 309 g/mol. The minimum atomic E-state index is -3.99. The molecule has 1 aromatic rings. The number of nitrogens with one attached hydrogen (secondary N) is 1. The first-order valence-electron chi connectivity index (χ1n) is 6.01. The highest BCUT2D eigenvalue weighted by Crippen LogP contribution is 2.23. The summed E-state index contributed by atoms with van der Waals surface area (Å²) in [6.45, 7) is 1.01. The van der Waals surface area contributed by atoms with Crippen molar-refractivity contribution in [2.45, 2.75) is 17.7 Å². The molecule has 0 bridgehead atoms. The third kappa shape index (κ3) is 3.68. The number of carbonyl (C=O) groups excluding carboxylic acids is 1. The second-order valence-electron chi connectivity index (χ2n) is 4.46. The predicted octanol–water partition coefficient (Wildman–Crippen LogP) is 2.12. The average molecular weight is 322 g/mol. The summed E-state index contributed by atoms with van der Waals surface area (Å²) >= 11 is 0. The molecule has 0 unspecified atom stereocenters. The molecule has 1 aromatic carbocycles. The van der Waals surface area contributed by atoms with Crippen LogP contribution in [-0.2, 0) is 18.6 Å². The van der Waals surface area contributed by atoms with Gasteiger partial charge in [0, 0.05) is 29.8 Å². The monoisotopic (exact) mass is 321 g/mol. The third-order valence-electron chi connectivity index (χ3n) is 3.07. The lowest BCUT2D eigenvalue weighted by Crippen LogP contribution is -2.28. The first-order valence-corrected chi connectivity index (χ1v) is 8.31. The van der Waals surface area contributed by atoms with Crippen molar-refractivity contribution in [1.82, 2.24) is 0 Å². The lowest BCUT2D eigenvalue weighted by atomic mass is 9.99. The second-order valence-corrected chi connectivity index (χ2v) is 7.02. The molecular formula is C12H13ClFNO4S. The maximum Gasteiger partial charge on any atom is 0.261 e. The smallest absolute Gasteiger partial charge is 0.261 e. The number of halogens is 2. The molecule has 1 aliphatic heterocycles. The topological polar surface area (TPSA) is 72.5 Å². The molecule has 1 fully saturated rings. The van der Waals surface area contributed by atoms with Crippen LogP contribution in [0.4, 0.5) is 10.1 Å². The second kappa shape index (κ2) is 6.07. The van der Waals surface area contributed by atoms with Crippen LogP contribution in [0.15, 0.2) is 23.1 Å². The minimum absolute atomic E-state index is 0.0643. The SMILES string of the molecule is O=C(Nc1ccc(S(=O)(=O)Cl)cc1F)C1CCOCC1. The highest BCUT2D eigenvalue weighted by atomic mass is 35.7. The molecule has 1 aliphatic rings. The van der Waals surface area contributed by atoms with Crippen LogP contribution in [-0.4, -0.2) is 27.5 Å². The van der Waals surface area contributed by atoms with E-state index in [0.717, 1.165) is 12.1 Å². The van der Waals surface area contributed by atoms with Gasteiger partial charge in [-0.3, -0.25) is 4.79 Å². The molecule has 0 aliphatic carbocycles. The van der Waals surface area contributed by atoms with E-state index in [1.165, 1.54) is 6.07 Å². The zero-order chi connectivity index (χ0) is 14.8. The lowest BCUT2D eigenvalue weighted by molar-refractivity contribution is -0.122. The Hall–Kier alpha value is -1.18. The molecule has 0 spiro atoms. The molecule has 1 saturated heterocycles. The van der Waals surface area contributed by atoms with Crippen molar-refractivity contribution < 1.29 is 22.3 Å². The molecule has 1 N–H and O–H groups in total. The van der Waals surface area contributed by atoms with E-state index in [1.54, 1.807) is 0 Å². The molecule has 1 heterocycles. The Morgan fingerprint density at radius 3 is 2.55 bits per heavy atom. The van der Waals surface area contributed by atoms with Gasteiger partial charge in [-0.15, -0.1) is 0 Å². The van der Waals surface area contributed by atoms with Gasteiger partial charge in [-0.25, -0.2) is 12.8 Å². The number of benzene rings is 1. The van der Waals surface area contributed by atoms with Crippen LogP contribution < -0.4 is 5.32 Å². The molecule has 1 amide bonds. The van der Waals surface area contributed by atoms with Crippen molar-refractivity contribution in [1.29, 1.82) is 0 Å². The van der Waals surface area contributed by atoms with Gasteiger partial charge in [-0.05, 0) is 31.0 Å². The number of hydrogen-bond acceptors (Lipinski definition) is 4. The molecule has 8 heteroatoms. The molecule has 110 valence electrons. The van der Waals surface area contributed by atoms with Crippen molar-refractivity contribution in [3.8, 4) is 0 Å². The Labute approximate surface area is 120 Å². The number of carbonyl (C=O) groups is 1. The van der Waals surface area contributed by atoms with E-state index in [2.05, 4.69) is 5.32 Å². The highest BCUT2D eigenvalue weighted by molar-refractivity contribution is 8.13. The quantitative estimate of drug-likeness (QED) is 0.866. The highest BCUT2D eigenvalue weighted by Gasteiger charge is 2.22. The minimum Gasteiger partial charge on any atom is -0.381 e. The van der Waals surface area contributed by atoms with Crippen LogP contribution in [0.25, 0.3) is 0 Å². The first kappa shape index (κ1) is 15.2. The molecule has 0 radical (unpaired) electrons. The number of hydrogen-bond donors (Lipinski definition) is 1. The van der Waals surface area contributed by atoms with Gasteiger partial charge >= 0.3 is 0 Å². The van der Waals surface area contributed by atoms with Crippen LogP contribution in [0.5, 0.6) is 0 Å². The van der Waals surface area contributed by atoms with Gasteiger partial charge < -0.3 is 10.1 Å². The summed E-state index contributed by atoms with van der Waals surface area (Å²) in [5, 5.41) is 2.45. The summed E-state index contributed by atoms with van der Waals surface area (Å²) in [5.41, 5.74) is -0.0643. The summed E-state index contributed by atoms with van der Waals surface area (Å²) in [5.74, 6) is -1.36. The van der Waals surface area contributed by atoms with Crippen LogP contribution in [0.2, 0.25) is 0 Å². The number of ether oxygens (including phenoxy) is 1. The van der Waals surface area contributed by atoms with Crippen molar-refractivity contribution in [2.75, 3.05) is 18.5 Å².